The lowest BCUT2D eigenvalue weighted by Gasteiger charge is -2.18. The Morgan fingerprint density at radius 2 is 2.19 bits per heavy atom. The molecule has 88 valence electrons. The van der Waals surface area contributed by atoms with Crippen LogP contribution in [0, 0.1) is 17.7 Å². The standard InChI is InChI=1S/C13H16ClFO/c1-8(9-2-3-9)13(16)6-10-4-5-11(14)7-12(10)15/h4-5,7-9,13,16H,2-3,6H2,1H3. The summed E-state index contributed by atoms with van der Waals surface area (Å²) in [5.41, 5.74) is 0.546. The molecule has 0 saturated heterocycles. The molecule has 1 saturated carbocycles. The van der Waals surface area contributed by atoms with Gasteiger partial charge in [0.25, 0.3) is 0 Å². The molecule has 2 atom stereocenters. The van der Waals surface area contributed by atoms with Crippen LogP contribution in [-0.2, 0) is 6.42 Å². The van der Waals surface area contributed by atoms with Crippen LogP contribution in [0.2, 0.25) is 5.02 Å². The van der Waals surface area contributed by atoms with Gasteiger partial charge in [0.2, 0.25) is 0 Å². The van der Waals surface area contributed by atoms with Crippen molar-refractivity contribution in [2.24, 2.45) is 11.8 Å². The molecule has 0 amide bonds. The molecule has 1 aromatic carbocycles. The van der Waals surface area contributed by atoms with Gasteiger partial charge in [0.05, 0.1) is 6.10 Å². The van der Waals surface area contributed by atoms with Crippen LogP contribution in [0.15, 0.2) is 18.2 Å². The Bertz CT molecular complexity index is 376. The maximum Gasteiger partial charge on any atom is 0.127 e. The molecule has 1 aliphatic carbocycles. The van der Waals surface area contributed by atoms with Gasteiger partial charge < -0.3 is 5.11 Å². The summed E-state index contributed by atoms with van der Waals surface area (Å²) in [4.78, 5) is 0. The maximum absolute atomic E-state index is 13.5. The normalized spacial score (nSPS) is 19.5. The monoisotopic (exact) mass is 242 g/mol. The Kier molecular flexibility index (Phi) is 3.50. The van der Waals surface area contributed by atoms with Gasteiger partial charge >= 0.3 is 0 Å². The van der Waals surface area contributed by atoms with E-state index in [0.717, 1.165) is 0 Å². The van der Waals surface area contributed by atoms with E-state index in [1.807, 2.05) is 6.92 Å². The van der Waals surface area contributed by atoms with E-state index < -0.39 is 6.10 Å². The minimum absolute atomic E-state index is 0.259. The van der Waals surface area contributed by atoms with Gasteiger partial charge in [-0.15, -0.1) is 0 Å². The Labute approximate surface area is 100 Å². The highest BCUT2D eigenvalue weighted by molar-refractivity contribution is 6.30. The summed E-state index contributed by atoms with van der Waals surface area (Å²) in [6.45, 7) is 2.04. The molecule has 0 aromatic heterocycles. The first-order valence-corrected chi connectivity index (χ1v) is 6.07. The first-order chi connectivity index (χ1) is 7.58. The summed E-state index contributed by atoms with van der Waals surface area (Å²) in [7, 11) is 0. The number of aliphatic hydroxyl groups excluding tert-OH is 1. The van der Waals surface area contributed by atoms with Crippen LogP contribution in [0.5, 0.6) is 0 Å². The minimum atomic E-state index is -0.455. The molecular formula is C13H16ClFO. The van der Waals surface area contributed by atoms with Gasteiger partial charge in [-0.3, -0.25) is 0 Å². The molecule has 1 N–H and O–H groups in total. The van der Waals surface area contributed by atoms with Gasteiger partial charge in [-0.1, -0.05) is 24.6 Å². The van der Waals surface area contributed by atoms with Gasteiger partial charge in [-0.2, -0.15) is 0 Å². The van der Waals surface area contributed by atoms with Gasteiger partial charge in [0.1, 0.15) is 5.82 Å². The zero-order valence-corrected chi connectivity index (χ0v) is 10.0. The topological polar surface area (TPSA) is 20.2 Å². The molecule has 2 rings (SSSR count). The van der Waals surface area contributed by atoms with Crippen LogP contribution in [0.4, 0.5) is 4.39 Å². The first-order valence-electron chi connectivity index (χ1n) is 5.70. The van der Waals surface area contributed by atoms with E-state index in [0.29, 0.717) is 22.9 Å². The largest absolute Gasteiger partial charge is 0.392 e. The van der Waals surface area contributed by atoms with Crippen LogP contribution in [0.3, 0.4) is 0 Å². The molecule has 0 aliphatic heterocycles. The van der Waals surface area contributed by atoms with Crippen LogP contribution in [-0.4, -0.2) is 11.2 Å². The van der Waals surface area contributed by atoms with Crippen LogP contribution < -0.4 is 0 Å². The zero-order chi connectivity index (χ0) is 11.7. The molecule has 0 heterocycles. The lowest BCUT2D eigenvalue weighted by Crippen LogP contribution is -2.22. The summed E-state index contributed by atoms with van der Waals surface area (Å²) in [6.07, 6.45) is 2.31. The van der Waals surface area contributed by atoms with E-state index in [9.17, 15) is 9.50 Å². The van der Waals surface area contributed by atoms with Gasteiger partial charge in [0, 0.05) is 11.4 Å². The highest BCUT2D eigenvalue weighted by Crippen LogP contribution is 2.38. The molecule has 16 heavy (non-hydrogen) atoms. The summed E-state index contributed by atoms with van der Waals surface area (Å²) in [5.74, 6) is 0.565. The highest BCUT2D eigenvalue weighted by Gasteiger charge is 2.32. The molecule has 1 aliphatic rings. The second-order valence-electron chi connectivity index (χ2n) is 4.70. The predicted octanol–water partition coefficient (Wildman–Crippen LogP) is 3.43. The van der Waals surface area contributed by atoms with Crippen molar-refractivity contribution in [3.8, 4) is 0 Å². The van der Waals surface area contributed by atoms with E-state index in [2.05, 4.69) is 0 Å². The molecule has 2 unspecified atom stereocenters. The Morgan fingerprint density at radius 3 is 2.75 bits per heavy atom. The second kappa shape index (κ2) is 4.72. The number of rotatable bonds is 4. The molecule has 0 spiro atoms. The average molecular weight is 243 g/mol. The Hall–Kier alpha value is -0.600. The van der Waals surface area contributed by atoms with E-state index in [1.165, 1.54) is 18.9 Å². The molecule has 1 aromatic rings. The average Bonchev–Trinajstić information content (AvgIpc) is 3.04. The summed E-state index contributed by atoms with van der Waals surface area (Å²) in [5, 5.41) is 10.4. The third kappa shape index (κ3) is 2.74. The van der Waals surface area contributed by atoms with Crippen molar-refractivity contribution in [1.82, 2.24) is 0 Å². The molecule has 1 fully saturated rings. The van der Waals surface area contributed by atoms with Crippen molar-refractivity contribution in [1.29, 1.82) is 0 Å². The number of hydrogen-bond acceptors (Lipinski definition) is 1. The Morgan fingerprint density at radius 1 is 1.50 bits per heavy atom. The lowest BCUT2D eigenvalue weighted by atomic mass is 9.93. The van der Waals surface area contributed by atoms with E-state index >= 15 is 0 Å². The van der Waals surface area contributed by atoms with Crippen LogP contribution in [0.1, 0.15) is 25.3 Å². The summed E-state index contributed by atoms with van der Waals surface area (Å²) >= 11 is 5.67. The summed E-state index contributed by atoms with van der Waals surface area (Å²) < 4.78 is 13.5. The van der Waals surface area contributed by atoms with Crippen LogP contribution >= 0.6 is 11.6 Å². The SMILES string of the molecule is CC(C(O)Cc1ccc(Cl)cc1F)C1CC1. The number of halogens is 2. The zero-order valence-electron chi connectivity index (χ0n) is 9.29. The number of hydrogen-bond donors (Lipinski definition) is 1. The van der Waals surface area contributed by atoms with Crippen molar-refractivity contribution in [2.45, 2.75) is 32.3 Å². The van der Waals surface area contributed by atoms with Crippen molar-refractivity contribution in [3.63, 3.8) is 0 Å². The van der Waals surface area contributed by atoms with Crippen LogP contribution in [0.25, 0.3) is 0 Å². The van der Waals surface area contributed by atoms with E-state index in [4.69, 9.17) is 11.6 Å². The predicted molar refractivity (Wildman–Crippen MR) is 63.0 cm³/mol. The second-order valence-corrected chi connectivity index (χ2v) is 5.14. The molecule has 0 radical (unpaired) electrons. The fourth-order valence-corrected chi connectivity index (χ4v) is 2.19. The quantitative estimate of drug-likeness (QED) is 0.858. The summed E-state index contributed by atoms with van der Waals surface area (Å²) in [6, 6.07) is 4.61. The third-order valence-corrected chi connectivity index (χ3v) is 3.65. The third-order valence-electron chi connectivity index (χ3n) is 3.42. The highest BCUT2D eigenvalue weighted by atomic mass is 35.5. The fourth-order valence-electron chi connectivity index (χ4n) is 2.03. The number of benzene rings is 1. The number of aliphatic hydroxyl groups is 1. The van der Waals surface area contributed by atoms with Crippen molar-refractivity contribution in [2.75, 3.05) is 0 Å². The van der Waals surface area contributed by atoms with Gasteiger partial charge in [-0.05, 0) is 42.4 Å². The van der Waals surface area contributed by atoms with E-state index in [1.54, 1.807) is 12.1 Å². The molecule has 0 bridgehead atoms. The minimum Gasteiger partial charge on any atom is -0.392 e. The fraction of sp³-hybridized carbons (Fsp3) is 0.538. The van der Waals surface area contributed by atoms with Crippen molar-refractivity contribution < 1.29 is 9.50 Å². The van der Waals surface area contributed by atoms with Gasteiger partial charge in [-0.25, -0.2) is 4.39 Å². The van der Waals surface area contributed by atoms with Gasteiger partial charge in [0.15, 0.2) is 0 Å². The van der Waals surface area contributed by atoms with Crippen molar-refractivity contribution >= 4 is 11.6 Å². The molecule has 3 heteroatoms. The lowest BCUT2D eigenvalue weighted by molar-refractivity contribution is 0.104. The molecular weight excluding hydrogens is 227 g/mol. The van der Waals surface area contributed by atoms with Crippen molar-refractivity contribution in [3.05, 3.63) is 34.6 Å². The van der Waals surface area contributed by atoms with E-state index in [-0.39, 0.29) is 11.7 Å². The first kappa shape index (κ1) is 11.9. The molecule has 1 nitrogen and oxygen atoms in total. The smallest absolute Gasteiger partial charge is 0.127 e. The maximum atomic E-state index is 13.5. The Balaban J connectivity index is 2.02.